The van der Waals surface area contributed by atoms with Gasteiger partial charge in [-0.1, -0.05) is 56.4 Å². The highest BCUT2D eigenvalue weighted by Crippen LogP contribution is 2.41. The van der Waals surface area contributed by atoms with Crippen molar-refractivity contribution in [2.45, 2.75) is 57.9 Å². The molecule has 21 heavy (non-hydrogen) atoms. The summed E-state index contributed by atoms with van der Waals surface area (Å²) < 4.78 is 0. The molecule has 0 aromatic heterocycles. The lowest BCUT2D eigenvalue weighted by atomic mass is 9.80. The summed E-state index contributed by atoms with van der Waals surface area (Å²) in [5.41, 5.74) is 3.30. The topological polar surface area (TPSA) is 26.3 Å². The van der Waals surface area contributed by atoms with Gasteiger partial charge in [-0.3, -0.25) is 0 Å². The maximum Gasteiger partial charge on any atom is 0.0621 e. The highest BCUT2D eigenvalue weighted by atomic mass is 35.5. The van der Waals surface area contributed by atoms with E-state index < -0.39 is 0 Å². The molecule has 0 aromatic rings. The second-order valence-corrected chi connectivity index (χ2v) is 6.82. The standard InChI is InChI=1S/C18H23ClNO/c1-2-3-4-5-13-6-7-14-11-15-12-16(19)8-9-17(15)20(21)18(14)10-13/h8-9,11-13,17H,2-7,10H2,1H3/q-1. The third-order valence-corrected chi connectivity index (χ3v) is 5.07. The van der Waals surface area contributed by atoms with Gasteiger partial charge in [0.2, 0.25) is 0 Å². The molecule has 0 fully saturated rings. The second-order valence-electron chi connectivity index (χ2n) is 6.38. The van der Waals surface area contributed by atoms with Gasteiger partial charge >= 0.3 is 0 Å². The predicted molar refractivity (Wildman–Crippen MR) is 88.7 cm³/mol. The molecule has 0 aromatic carbocycles. The Hall–Kier alpha value is -0.990. The van der Waals surface area contributed by atoms with Gasteiger partial charge in [-0.15, -0.1) is 0 Å². The first-order valence-electron chi connectivity index (χ1n) is 8.14. The number of rotatable bonds is 4. The summed E-state index contributed by atoms with van der Waals surface area (Å²) in [6.45, 7) is 2.24. The zero-order valence-electron chi connectivity index (χ0n) is 12.6. The molecule has 0 saturated carbocycles. The Morgan fingerprint density at radius 1 is 1.33 bits per heavy atom. The fraction of sp³-hybridized carbons (Fsp3) is 0.556. The number of hydroxylamine groups is 2. The van der Waals surface area contributed by atoms with Crippen molar-refractivity contribution >= 4 is 11.6 Å². The monoisotopic (exact) mass is 304 g/mol. The summed E-state index contributed by atoms with van der Waals surface area (Å²) in [6, 6.07) is -0.166. The molecule has 3 aliphatic rings. The van der Waals surface area contributed by atoms with Gasteiger partial charge in [0.1, 0.15) is 0 Å². The maximum absolute atomic E-state index is 12.7. The molecule has 2 nitrogen and oxygen atoms in total. The van der Waals surface area contributed by atoms with Crippen molar-refractivity contribution in [1.82, 2.24) is 5.06 Å². The first kappa shape index (κ1) is 14.9. The van der Waals surface area contributed by atoms with Crippen LogP contribution in [0.3, 0.4) is 0 Å². The molecule has 0 N–H and O–H groups in total. The molecule has 1 aliphatic heterocycles. The van der Waals surface area contributed by atoms with Crippen LogP contribution in [-0.4, -0.2) is 11.1 Å². The fourth-order valence-corrected chi connectivity index (χ4v) is 3.82. The average molecular weight is 305 g/mol. The van der Waals surface area contributed by atoms with E-state index in [4.69, 9.17) is 11.6 Å². The zero-order chi connectivity index (χ0) is 14.8. The number of unbranched alkanes of at least 4 members (excludes halogenated alkanes) is 2. The van der Waals surface area contributed by atoms with Crippen LogP contribution in [0.25, 0.3) is 0 Å². The van der Waals surface area contributed by atoms with Gasteiger partial charge in [0.05, 0.1) is 6.04 Å². The summed E-state index contributed by atoms with van der Waals surface area (Å²) in [5, 5.41) is 14.6. The molecular weight excluding hydrogens is 282 g/mol. The second kappa shape index (κ2) is 6.41. The van der Waals surface area contributed by atoms with E-state index in [1.165, 1.54) is 42.7 Å². The van der Waals surface area contributed by atoms with Crippen molar-refractivity contribution in [3.63, 3.8) is 0 Å². The molecule has 3 rings (SSSR count). The van der Waals surface area contributed by atoms with Crippen LogP contribution < -0.4 is 0 Å². The minimum atomic E-state index is -0.166. The van der Waals surface area contributed by atoms with Crippen molar-refractivity contribution in [1.29, 1.82) is 0 Å². The number of allylic oxidation sites excluding steroid dienone is 5. The Morgan fingerprint density at radius 3 is 3.00 bits per heavy atom. The molecule has 0 spiro atoms. The van der Waals surface area contributed by atoms with Crippen molar-refractivity contribution in [2.24, 2.45) is 5.92 Å². The van der Waals surface area contributed by atoms with Gasteiger partial charge < -0.3 is 10.3 Å². The number of nitrogens with zero attached hydrogens (tertiary/aromatic N) is 1. The summed E-state index contributed by atoms with van der Waals surface area (Å²) in [5.74, 6) is 0.688. The van der Waals surface area contributed by atoms with Crippen LogP contribution in [0.4, 0.5) is 0 Å². The van der Waals surface area contributed by atoms with Crippen LogP contribution in [0, 0.1) is 11.1 Å². The molecule has 3 heteroatoms. The van der Waals surface area contributed by atoms with Crippen molar-refractivity contribution in [3.05, 3.63) is 51.4 Å². The lowest BCUT2D eigenvalue weighted by Gasteiger charge is -2.47. The molecule has 0 amide bonds. The van der Waals surface area contributed by atoms with Crippen LogP contribution in [-0.2, 0) is 0 Å². The minimum absolute atomic E-state index is 0.166. The molecule has 0 bridgehead atoms. The van der Waals surface area contributed by atoms with Crippen LogP contribution in [0.2, 0.25) is 0 Å². The van der Waals surface area contributed by atoms with Gasteiger partial charge in [-0.2, -0.15) is 0 Å². The lowest BCUT2D eigenvalue weighted by molar-refractivity contribution is 0.325. The maximum atomic E-state index is 12.7. The Labute approximate surface area is 132 Å². The van der Waals surface area contributed by atoms with Crippen LogP contribution in [0.1, 0.15) is 51.9 Å². The summed E-state index contributed by atoms with van der Waals surface area (Å²) in [7, 11) is 0. The smallest absolute Gasteiger partial charge is 0.0621 e. The Kier molecular flexibility index (Phi) is 4.56. The van der Waals surface area contributed by atoms with E-state index in [-0.39, 0.29) is 6.04 Å². The normalized spacial score (nSPS) is 28.0. The molecule has 1 heterocycles. The summed E-state index contributed by atoms with van der Waals surface area (Å²) in [6.07, 6.45) is 16.2. The summed E-state index contributed by atoms with van der Waals surface area (Å²) >= 11 is 6.05. The van der Waals surface area contributed by atoms with Crippen LogP contribution in [0.15, 0.2) is 46.2 Å². The molecular formula is C18H23ClNO-. The minimum Gasteiger partial charge on any atom is -0.758 e. The molecule has 2 unspecified atom stereocenters. The van der Waals surface area contributed by atoms with Crippen LogP contribution in [0.5, 0.6) is 0 Å². The van der Waals surface area contributed by atoms with E-state index in [0.717, 1.165) is 24.1 Å². The largest absolute Gasteiger partial charge is 0.758 e. The zero-order valence-corrected chi connectivity index (χ0v) is 13.4. The van der Waals surface area contributed by atoms with Gasteiger partial charge in [0.15, 0.2) is 0 Å². The van der Waals surface area contributed by atoms with E-state index in [9.17, 15) is 5.21 Å². The predicted octanol–water partition coefficient (Wildman–Crippen LogP) is 5.42. The van der Waals surface area contributed by atoms with E-state index in [0.29, 0.717) is 11.0 Å². The number of hydrogen-bond acceptors (Lipinski definition) is 2. The Bertz CT molecular complexity index is 529. The van der Waals surface area contributed by atoms with Crippen molar-refractivity contribution in [2.75, 3.05) is 0 Å². The lowest BCUT2D eigenvalue weighted by Crippen LogP contribution is -2.36. The molecule has 2 aliphatic carbocycles. The van der Waals surface area contributed by atoms with Gasteiger partial charge in [-0.05, 0) is 48.5 Å². The number of halogens is 1. The number of fused-ring (bicyclic) bond motifs is 1. The third kappa shape index (κ3) is 3.12. The first-order valence-corrected chi connectivity index (χ1v) is 8.52. The van der Waals surface area contributed by atoms with E-state index in [2.05, 4.69) is 13.0 Å². The fourth-order valence-electron chi connectivity index (χ4n) is 3.62. The van der Waals surface area contributed by atoms with E-state index in [1.54, 1.807) is 0 Å². The Balaban J connectivity index is 1.75. The Morgan fingerprint density at radius 2 is 2.19 bits per heavy atom. The first-order chi connectivity index (χ1) is 10.2. The van der Waals surface area contributed by atoms with Gasteiger partial charge in [-0.25, -0.2) is 0 Å². The average Bonchev–Trinajstić information content (AvgIpc) is 2.48. The highest BCUT2D eigenvalue weighted by molar-refractivity contribution is 6.31. The molecule has 0 radical (unpaired) electrons. The van der Waals surface area contributed by atoms with E-state index >= 15 is 0 Å². The van der Waals surface area contributed by atoms with Gasteiger partial charge in [0, 0.05) is 10.7 Å². The van der Waals surface area contributed by atoms with Gasteiger partial charge in [0.25, 0.3) is 0 Å². The third-order valence-electron chi connectivity index (χ3n) is 4.83. The summed E-state index contributed by atoms with van der Waals surface area (Å²) in [4.78, 5) is 0. The van der Waals surface area contributed by atoms with Crippen molar-refractivity contribution in [3.8, 4) is 0 Å². The molecule has 2 atom stereocenters. The molecule has 0 saturated heterocycles. The quantitative estimate of drug-likeness (QED) is 0.648. The molecule has 114 valence electrons. The van der Waals surface area contributed by atoms with E-state index in [1.807, 2.05) is 18.2 Å². The SMILES string of the molecule is CCCCCC1CCC2=C(C1)N([O-])C1C=CC(Cl)=CC1=C2. The van der Waals surface area contributed by atoms with Crippen LogP contribution >= 0.6 is 11.6 Å². The number of hydrogen-bond donors (Lipinski definition) is 0. The van der Waals surface area contributed by atoms with Crippen molar-refractivity contribution < 1.29 is 0 Å². The highest BCUT2D eigenvalue weighted by Gasteiger charge is 2.28.